The summed E-state index contributed by atoms with van der Waals surface area (Å²) in [6, 6.07) is 3.46. The van der Waals surface area contributed by atoms with Gasteiger partial charge in [-0.05, 0) is 18.2 Å². The number of nitrogens with two attached hydrogens (primary N) is 1. The first-order valence-corrected chi connectivity index (χ1v) is 5.57. The number of nitrogen functional groups attached to an aromatic ring is 1. The van der Waals surface area contributed by atoms with Crippen LogP contribution in [0.4, 0.5) is 18.9 Å². The minimum absolute atomic E-state index is 0.0755. The summed E-state index contributed by atoms with van der Waals surface area (Å²) in [6.07, 6.45) is -4.33. The van der Waals surface area contributed by atoms with Gasteiger partial charge in [0.25, 0.3) is 0 Å². The molecule has 0 spiro atoms. The molecular weight excluding hydrogens is 235 g/mol. The average Bonchev–Trinajstić information content (AvgIpc) is 2.04. The zero-order chi connectivity index (χ0) is 12.6. The maximum atomic E-state index is 12.4. The highest BCUT2D eigenvalue weighted by Gasteiger charge is 2.31. The van der Waals surface area contributed by atoms with E-state index in [1.165, 1.54) is 17.8 Å². The van der Waals surface area contributed by atoms with Gasteiger partial charge >= 0.3 is 6.18 Å². The Balaban J connectivity index is 3.01. The molecule has 2 N–H and O–H groups in total. The number of thioether (sulfide) groups is 1. The second-order valence-electron chi connectivity index (χ2n) is 4.46. The van der Waals surface area contributed by atoms with E-state index in [0.29, 0.717) is 4.90 Å². The Morgan fingerprint density at radius 3 is 2.06 bits per heavy atom. The molecule has 1 rings (SSSR count). The average molecular weight is 249 g/mol. The number of benzene rings is 1. The molecule has 0 radical (unpaired) electrons. The third kappa shape index (κ3) is 3.63. The van der Waals surface area contributed by atoms with Crippen molar-refractivity contribution in [1.29, 1.82) is 0 Å². The quantitative estimate of drug-likeness (QED) is 0.597. The molecule has 0 unspecified atom stereocenters. The first-order chi connectivity index (χ1) is 7.09. The Morgan fingerprint density at radius 1 is 1.12 bits per heavy atom. The molecule has 0 amide bonds. The molecule has 0 fully saturated rings. The fourth-order valence-electron chi connectivity index (χ4n) is 1.15. The van der Waals surface area contributed by atoms with Crippen LogP contribution >= 0.6 is 11.8 Å². The fraction of sp³-hybridized carbons (Fsp3) is 0.455. The zero-order valence-electron chi connectivity index (χ0n) is 9.35. The van der Waals surface area contributed by atoms with Crippen LogP contribution in [0.5, 0.6) is 0 Å². The summed E-state index contributed by atoms with van der Waals surface area (Å²) in [5, 5.41) is 0. The lowest BCUT2D eigenvalue weighted by molar-refractivity contribution is -0.137. The molecule has 1 aromatic carbocycles. The van der Waals surface area contributed by atoms with E-state index >= 15 is 0 Å². The summed E-state index contributed by atoms with van der Waals surface area (Å²) in [6.45, 7) is 5.94. The van der Waals surface area contributed by atoms with Gasteiger partial charge in [0.15, 0.2) is 0 Å². The molecule has 0 heterocycles. The molecule has 0 bridgehead atoms. The number of halogens is 3. The van der Waals surface area contributed by atoms with Crippen molar-refractivity contribution in [2.75, 3.05) is 5.73 Å². The van der Waals surface area contributed by atoms with Crippen molar-refractivity contribution in [3.05, 3.63) is 23.8 Å². The number of alkyl halides is 3. The molecule has 0 atom stereocenters. The minimum atomic E-state index is -4.33. The van der Waals surface area contributed by atoms with Gasteiger partial charge in [-0.25, -0.2) is 0 Å². The maximum absolute atomic E-state index is 12.4. The number of hydrogen-bond donors (Lipinski definition) is 1. The van der Waals surface area contributed by atoms with Crippen LogP contribution in [0.2, 0.25) is 0 Å². The van der Waals surface area contributed by atoms with E-state index in [9.17, 15) is 13.2 Å². The number of hydrogen-bond acceptors (Lipinski definition) is 2. The fourth-order valence-corrected chi connectivity index (χ4v) is 2.12. The van der Waals surface area contributed by atoms with Crippen molar-refractivity contribution >= 4 is 17.4 Å². The van der Waals surface area contributed by atoms with Crippen LogP contribution in [0.3, 0.4) is 0 Å². The molecule has 5 heteroatoms. The lowest BCUT2D eigenvalue weighted by Crippen LogP contribution is -2.09. The molecule has 90 valence electrons. The third-order valence-electron chi connectivity index (χ3n) is 1.75. The molecule has 0 aliphatic rings. The molecule has 1 aromatic rings. The maximum Gasteiger partial charge on any atom is 0.416 e. The molecule has 0 saturated heterocycles. The van der Waals surface area contributed by atoms with Gasteiger partial charge in [-0.2, -0.15) is 13.2 Å². The first-order valence-electron chi connectivity index (χ1n) is 4.75. The Hall–Kier alpha value is -0.840. The summed E-state index contributed by atoms with van der Waals surface area (Å²) in [4.78, 5) is 0.681. The first kappa shape index (κ1) is 13.2. The molecule has 0 aromatic heterocycles. The molecule has 0 saturated carbocycles. The lowest BCUT2D eigenvalue weighted by Gasteiger charge is -2.19. The molecule has 0 aliphatic heterocycles. The second kappa shape index (κ2) is 4.20. The van der Waals surface area contributed by atoms with Crippen LogP contribution in [-0.4, -0.2) is 4.75 Å². The van der Waals surface area contributed by atoms with Crippen molar-refractivity contribution in [3.63, 3.8) is 0 Å². The summed E-state index contributed by atoms with van der Waals surface area (Å²) >= 11 is 1.45. The van der Waals surface area contributed by atoms with E-state index < -0.39 is 11.7 Å². The van der Waals surface area contributed by atoms with Gasteiger partial charge in [0, 0.05) is 15.3 Å². The third-order valence-corrected chi connectivity index (χ3v) is 2.96. The van der Waals surface area contributed by atoms with Gasteiger partial charge < -0.3 is 5.73 Å². The van der Waals surface area contributed by atoms with Gasteiger partial charge in [0.1, 0.15) is 0 Å². The topological polar surface area (TPSA) is 26.0 Å². The summed E-state index contributed by atoms with van der Waals surface area (Å²) in [7, 11) is 0. The van der Waals surface area contributed by atoms with Crippen molar-refractivity contribution in [3.8, 4) is 0 Å². The lowest BCUT2D eigenvalue weighted by atomic mass is 10.2. The van der Waals surface area contributed by atoms with E-state index in [0.717, 1.165) is 12.1 Å². The molecule has 16 heavy (non-hydrogen) atoms. The Kier molecular flexibility index (Phi) is 3.47. The highest BCUT2D eigenvalue weighted by Crippen LogP contribution is 2.38. The van der Waals surface area contributed by atoms with Gasteiger partial charge in [-0.15, -0.1) is 11.8 Å². The highest BCUT2D eigenvalue weighted by atomic mass is 32.2. The predicted octanol–water partition coefficient (Wildman–Crippen LogP) is 4.18. The predicted molar refractivity (Wildman–Crippen MR) is 61.5 cm³/mol. The van der Waals surface area contributed by atoms with Crippen LogP contribution in [0.1, 0.15) is 26.3 Å². The van der Waals surface area contributed by atoms with Gasteiger partial charge in [0.05, 0.1) is 5.56 Å². The van der Waals surface area contributed by atoms with Crippen molar-refractivity contribution in [2.24, 2.45) is 0 Å². The monoisotopic (exact) mass is 249 g/mol. The molecular formula is C11H14F3NS. The standard InChI is InChI=1S/C11H14F3NS/c1-10(2,3)16-9-5-4-7(6-8(9)15)11(12,13)14/h4-6H,15H2,1-3H3. The minimum Gasteiger partial charge on any atom is -0.398 e. The van der Waals surface area contributed by atoms with Gasteiger partial charge in [-0.3, -0.25) is 0 Å². The number of anilines is 1. The van der Waals surface area contributed by atoms with E-state index in [-0.39, 0.29) is 10.4 Å². The molecule has 0 aliphatic carbocycles. The second-order valence-corrected chi connectivity index (χ2v) is 6.33. The Labute approximate surface area is 97.2 Å². The number of rotatable bonds is 1. The Bertz CT molecular complexity index is 380. The molecule has 1 nitrogen and oxygen atoms in total. The van der Waals surface area contributed by atoms with E-state index in [2.05, 4.69) is 0 Å². The van der Waals surface area contributed by atoms with Gasteiger partial charge in [0.2, 0.25) is 0 Å². The van der Waals surface area contributed by atoms with Crippen LogP contribution < -0.4 is 5.73 Å². The summed E-state index contributed by atoms with van der Waals surface area (Å²) in [5.74, 6) is 0. The van der Waals surface area contributed by atoms with Crippen LogP contribution in [0, 0.1) is 0 Å². The van der Waals surface area contributed by atoms with E-state index in [1.807, 2.05) is 20.8 Å². The largest absolute Gasteiger partial charge is 0.416 e. The summed E-state index contributed by atoms with van der Waals surface area (Å²) < 4.78 is 37.0. The van der Waals surface area contributed by atoms with Crippen LogP contribution in [0.25, 0.3) is 0 Å². The van der Waals surface area contributed by atoms with E-state index in [4.69, 9.17) is 5.73 Å². The van der Waals surface area contributed by atoms with Crippen molar-refractivity contribution in [1.82, 2.24) is 0 Å². The Morgan fingerprint density at radius 2 is 1.69 bits per heavy atom. The van der Waals surface area contributed by atoms with Crippen LogP contribution in [0.15, 0.2) is 23.1 Å². The van der Waals surface area contributed by atoms with Crippen molar-refractivity contribution < 1.29 is 13.2 Å². The van der Waals surface area contributed by atoms with Gasteiger partial charge in [-0.1, -0.05) is 20.8 Å². The van der Waals surface area contributed by atoms with Crippen molar-refractivity contribution in [2.45, 2.75) is 36.6 Å². The SMILES string of the molecule is CC(C)(C)Sc1ccc(C(F)(F)F)cc1N. The summed E-state index contributed by atoms with van der Waals surface area (Å²) in [5.41, 5.74) is 5.07. The van der Waals surface area contributed by atoms with E-state index in [1.54, 1.807) is 0 Å². The highest BCUT2D eigenvalue weighted by molar-refractivity contribution is 8.00. The zero-order valence-corrected chi connectivity index (χ0v) is 10.2. The normalized spacial score (nSPS) is 12.9. The van der Waals surface area contributed by atoms with Crippen LogP contribution in [-0.2, 0) is 6.18 Å². The smallest absolute Gasteiger partial charge is 0.398 e.